The Bertz CT molecular complexity index is 509. The van der Waals surface area contributed by atoms with Crippen molar-refractivity contribution in [1.29, 1.82) is 0 Å². The number of benzene rings is 1. The van der Waals surface area contributed by atoms with Gasteiger partial charge >= 0.3 is 0 Å². The lowest BCUT2D eigenvalue weighted by Crippen LogP contribution is -2.40. The van der Waals surface area contributed by atoms with Gasteiger partial charge in [0.15, 0.2) is 5.78 Å². The molecule has 1 aromatic carbocycles. The second kappa shape index (κ2) is 5.51. The van der Waals surface area contributed by atoms with E-state index in [0.717, 1.165) is 12.8 Å². The van der Waals surface area contributed by atoms with Crippen LogP contribution in [0.25, 0.3) is 0 Å². The van der Waals surface area contributed by atoms with Gasteiger partial charge in [-0.25, -0.2) is 4.39 Å². The molecule has 0 aliphatic carbocycles. The van der Waals surface area contributed by atoms with Gasteiger partial charge in [-0.05, 0) is 31.0 Å². The third-order valence-electron chi connectivity index (χ3n) is 3.71. The third-order valence-corrected chi connectivity index (χ3v) is 3.71. The van der Waals surface area contributed by atoms with E-state index in [1.165, 1.54) is 18.2 Å². The number of carbonyl (C=O) groups excluding carboxylic acids is 2. The van der Waals surface area contributed by atoms with Crippen molar-refractivity contribution in [2.24, 2.45) is 5.92 Å². The van der Waals surface area contributed by atoms with E-state index < -0.39 is 5.82 Å². The maximum atomic E-state index is 13.2. The number of nitrogens with zero attached hydrogens (tertiary/aromatic N) is 1. The van der Waals surface area contributed by atoms with E-state index in [1.807, 2.05) is 13.8 Å². The van der Waals surface area contributed by atoms with Gasteiger partial charge in [0.1, 0.15) is 5.82 Å². The van der Waals surface area contributed by atoms with Crippen LogP contribution in [0.15, 0.2) is 18.2 Å². The number of ketones is 1. The van der Waals surface area contributed by atoms with Crippen molar-refractivity contribution in [3.63, 3.8) is 0 Å². The maximum Gasteiger partial charge on any atom is 0.230 e. The van der Waals surface area contributed by atoms with Crippen LogP contribution in [0.4, 0.5) is 10.1 Å². The van der Waals surface area contributed by atoms with Gasteiger partial charge in [0.2, 0.25) is 5.91 Å². The first-order valence-electron chi connectivity index (χ1n) is 6.72. The number of halogens is 1. The first kappa shape index (κ1) is 13.7. The van der Waals surface area contributed by atoms with Gasteiger partial charge < -0.3 is 4.90 Å². The lowest BCUT2D eigenvalue weighted by atomic mass is 9.96. The Labute approximate surface area is 112 Å². The topological polar surface area (TPSA) is 37.4 Å². The van der Waals surface area contributed by atoms with Gasteiger partial charge in [-0.3, -0.25) is 9.59 Å². The summed E-state index contributed by atoms with van der Waals surface area (Å²) in [5.41, 5.74) is 0.875. The van der Waals surface area contributed by atoms with Crippen LogP contribution in [-0.4, -0.2) is 18.2 Å². The predicted octanol–water partition coefficient (Wildman–Crippen LogP) is 3.18. The normalized spacial score (nSPS) is 14.7. The molecule has 4 heteroatoms. The highest BCUT2D eigenvalue weighted by atomic mass is 19.1. The summed E-state index contributed by atoms with van der Waals surface area (Å²) in [7, 11) is 0. The first-order chi connectivity index (χ1) is 9.08. The summed E-state index contributed by atoms with van der Waals surface area (Å²) in [6.45, 7) is 4.35. The van der Waals surface area contributed by atoms with E-state index in [4.69, 9.17) is 0 Å². The standard InChI is InChI=1S/C15H18FNO2/c1-3-10(4-2)15(19)17-8-7-14(18)12-9-11(16)5-6-13(12)17/h5-6,9-10H,3-4,7-8H2,1-2H3. The second-order valence-corrected chi connectivity index (χ2v) is 4.84. The number of Topliss-reactive ketones (excluding diaryl/α,β-unsaturated/α-hetero) is 1. The average Bonchev–Trinajstić information content (AvgIpc) is 2.41. The Hall–Kier alpha value is -1.71. The van der Waals surface area contributed by atoms with Crippen LogP contribution in [0.5, 0.6) is 0 Å². The molecule has 0 atom stereocenters. The lowest BCUT2D eigenvalue weighted by Gasteiger charge is -2.31. The molecule has 0 spiro atoms. The molecule has 0 aromatic heterocycles. The molecule has 1 heterocycles. The minimum atomic E-state index is -0.441. The number of carbonyl (C=O) groups is 2. The zero-order chi connectivity index (χ0) is 14.0. The van der Waals surface area contributed by atoms with E-state index in [-0.39, 0.29) is 24.0 Å². The zero-order valence-corrected chi connectivity index (χ0v) is 11.3. The monoisotopic (exact) mass is 263 g/mol. The van der Waals surface area contributed by atoms with Crippen molar-refractivity contribution in [3.8, 4) is 0 Å². The fourth-order valence-electron chi connectivity index (χ4n) is 2.52. The van der Waals surface area contributed by atoms with Gasteiger partial charge in [0.05, 0.1) is 5.69 Å². The fraction of sp³-hybridized carbons (Fsp3) is 0.467. The Morgan fingerprint density at radius 3 is 2.68 bits per heavy atom. The molecule has 3 nitrogen and oxygen atoms in total. The van der Waals surface area contributed by atoms with Gasteiger partial charge in [0.25, 0.3) is 0 Å². The molecule has 0 unspecified atom stereocenters. The molecule has 0 N–H and O–H groups in total. The van der Waals surface area contributed by atoms with Gasteiger partial charge in [-0.2, -0.15) is 0 Å². The summed E-state index contributed by atoms with van der Waals surface area (Å²) >= 11 is 0. The summed E-state index contributed by atoms with van der Waals surface area (Å²) in [5, 5.41) is 0. The van der Waals surface area contributed by atoms with Crippen LogP contribution in [0.1, 0.15) is 43.5 Å². The minimum absolute atomic E-state index is 0.0327. The predicted molar refractivity (Wildman–Crippen MR) is 71.8 cm³/mol. The molecular weight excluding hydrogens is 245 g/mol. The van der Waals surface area contributed by atoms with E-state index in [0.29, 0.717) is 17.8 Å². The molecule has 0 saturated carbocycles. The quantitative estimate of drug-likeness (QED) is 0.840. The van der Waals surface area contributed by atoms with Crippen molar-refractivity contribution in [2.45, 2.75) is 33.1 Å². The highest BCUT2D eigenvalue weighted by molar-refractivity contribution is 6.09. The number of hydrogen-bond acceptors (Lipinski definition) is 2. The zero-order valence-electron chi connectivity index (χ0n) is 11.3. The molecule has 1 aliphatic heterocycles. The molecular formula is C15H18FNO2. The molecule has 0 radical (unpaired) electrons. The van der Waals surface area contributed by atoms with Gasteiger partial charge in [-0.15, -0.1) is 0 Å². The maximum absolute atomic E-state index is 13.2. The van der Waals surface area contributed by atoms with Crippen LogP contribution in [0.2, 0.25) is 0 Å². The molecule has 0 saturated heterocycles. The largest absolute Gasteiger partial charge is 0.311 e. The Morgan fingerprint density at radius 2 is 2.05 bits per heavy atom. The summed E-state index contributed by atoms with van der Waals surface area (Å²) in [6.07, 6.45) is 1.81. The highest BCUT2D eigenvalue weighted by Crippen LogP contribution is 2.29. The number of amides is 1. The summed E-state index contributed by atoms with van der Waals surface area (Å²) in [4.78, 5) is 25.9. The van der Waals surface area contributed by atoms with Crippen molar-refractivity contribution in [3.05, 3.63) is 29.6 Å². The number of hydrogen-bond donors (Lipinski definition) is 0. The summed E-state index contributed by atoms with van der Waals surface area (Å²) < 4.78 is 13.2. The summed E-state index contributed by atoms with van der Waals surface area (Å²) in [6, 6.07) is 4.05. The second-order valence-electron chi connectivity index (χ2n) is 4.84. The number of fused-ring (bicyclic) bond motifs is 1. The SMILES string of the molecule is CCC(CC)C(=O)N1CCC(=O)c2cc(F)ccc21. The van der Waals surface area contributed by atoms with Gasteiger partial charge in [0, 0.05) is 24.4 Å². The Morgan fingerprint density at radius 1 is 1.37 bits per heavy atom. The first-order valence-corrected chi connectivity index (χ1v) is 6.72. The van der Waals surface area contributed by atoms with Crippen LogP contribution in [0.3, 0.4) is 0 Å². The fourth-order valence-corrected chi connectivity index (χ4v) is 2.52. The highest BCUT2D eigenvalue weighted by Gasteiger charge is 2.30. The molecule has 102 valence electrons. The minimum Gasteiger partial charge on any atom is -0.311 e. The number of anilines is 1. The van der Waals surface area contributed by atoms with E-state index >= 15 is 0 Å². The van der Waals surface area contributed by atoms with Crippen LogP contribution >= 0.6 is 0 Å². The van der Waals surface area contributed by atoms with Crippen LogP contribution in [0, 0.1) is 11.7 Å². The third kappa shape index (κ3) is 2.53. The molecule has 1 aliphatic rings. The van der Waals surface area contributed by atoms with E-state index in [1.54, 1.807) is 4.90 Å². The van der Waals surface area contributed by atoms with Gasteiger partial charge in [-0.1, -0.05) is 13.8 Å². The Kier molecular flexibility index (Phi) is 3.98. The molecule has 0 bridgehead atoms. The molecule has 2 rings (SSSR count). The molecule has 0 fully saturated rings. The Balaban J connectivity index is 2.38. The summed E-state index contributed by atoms with van der Waals surface area (Å²) in [5.74, 6) is -0.538. The van der Waals surface area contributed by atoms with Crippen molar-refractivity contribution >= 4 is 17.4 Å². The molecule has 1 aromatic rings. The molecule has 19 heavy (non-hydrogen) atoms. The lowest BCUT2D eigenvalue weighted by molar-refractivity contribution is -0.122. The van der Waals surface area contributed by atoms with Crippen molar-refractivity contribution < 1.29 is 14.0 Å². The van der Waals surface area contributed by atoms with E-state index in [2.05, 4.69) is 0 Å². The van der Waals surface area contributed by atoms with Crippen LogP contribution < -0.4 is 4.90 Å². The average molecular weight is 263 g/mol. The molecule has 1 amide bonds. The number of rotatable bonds is 3. The van der Waals surface area contributed by atoms with E-state index in [9.17, 15) is 14.0 Å². The van der Waals surface area contributed by atoms with Crippen LogP contribution in [-0.2, 0) is 4.79 Å². The van der Waals surface area contributed by atoms with Crippen molar-refractivity contribution in [2.75, 3.05) is 11.4 Å². The van der Waals surface area contributed by atoms with Crippen molar-refractivity contribution in [1.82, 2.24) is 0 Å². The smallest absolute Gasteiger partial charge is 0.230 e.